The lowest BCUT2D eigenvalue weighted by atomic mass is 10.1. The van der Waals surface area contributed by atoms with Gasteiger partial charge in [-0.15, -0.1) is 11.3 Å². The zero-order valence-corrected chi connectivity index (χ0v) is 20.1. The molecule has 0 spiro atoms. The molecule has 1 N–H and O–H groups in total. The van der Waals surface area contributed by atoms with Gasteiger partial charge in [0.1, 0.15) is 0 Å². The van der Waals surface area contributed by atoms with Crippen LogP contribution in [0.15, 0.2) is 77.1 Å². The molecule has 4 aromatic rings. The van der Waals surface area contributed by atoms with Crippen LogP contribution in [0.2, 0.25) is 0 Å². The number of benzene rings is 2. The fourth-order valence-corrected chi connectivity index (χ4v) is 5.46. The van der Waals surface area contributed by atoms with Crippen molar-refractivity contribution < 1.29 is 9.59 Å². The summed E-state index contributed by atoms with van der Waals surface area (Å²) in [5.74, 6) is -0.678. The highest BCUT2D eigenvalue weighted by Crippen LogP contribution is 2.34. The second-order valence-electron chi connectivity index (χ2n) is 7.65. The molecular formula is C25H19N3O2S3. The summed E-state index contributed by atoms with van der Waals surface area (Å²) in [5.41, 5.74) is 7.08. The van der Waals surface area contributed by atoms with Crippen molar-refractivity contribution in [1.82, 2.24) is 15.0 Å². The molecule has 5 nitrogen and oxygen atoms in total. The van der Waals surface area contributed by atoms with Crippen LogP contribution in [0.3, 0.4) is 0 Å². The predicted octanol–water partition coefficient (Wildman–Crippen LogP) is 5.61. The molecule has 1 aliphatic rings. The highest BCUT2D eigenvalue weighted by molar-refractivity contribution is 8.26. The molecule has 1 aliphatic heterocycles. The molecule has 0 unspecified atom stereocenters. The van der Waals surface area contributed by atoms with Gasteiger partial charge in [-0.3, -0.25) is 15.0 Å². The summed E-state index contributed by atoms with van der Waals surface area (Å²) in [6.45, 7) is 2.80. The van der Waals surface area contributed by atoms with Gasteiger partial charge in [0.2, 0.25) is 0 Å². The molecule has 1 saturated heterocycles. The monoisotopic (exact) mass is 489 g/mol. The van der Waals surface area contributed by atoms with Gasteiger partial charge in [-0.2, -0.15) is 5.01 Å². The number of hydrazine groups is 1. The van der Waals surface area contributed by atoms with Crippen LogP contribution in [0.25, 0.3) is 17.0 Å². The number of thioether (sulfide) groups is 1. The van der Waals surface area contributed by atoms with E-state index in [1.807, 2.05) is 29.7 Å². The van der Waals surface area contributed by atoms with Crippen LogP contribution >= 0.6 is 35.3 Å². The number of hydrogen-bond donors (Lipinski definition) is 1. The first kappa shape index (κ1) is 21.6. The molecule has 0 saturated carbocycles. The number of amides is 2. The normalized spacial score (nSPS) is 15.1. The lowest BCUT2D eigenvalue weighted by molar-refractivity contribution is -0.123. The minimum absolute atomic E-state index is 0.305. The van der Waals surface area contributed by atoms with Crippen LogP contribution in [0.4, 0.5) is 0 Å². The van der Waals surface area contributed by atoms with Gasteiger partial charge in [0, 0.05) is 29.2 Å². The van der Waals surface area contributed by atoms with E-state index in [2.05, 4.69) is 53.4 Å². The summed E-state index contributed by atoms with van der Waals surface area (Å²) in [7, 11) is 0. The number of para-hydroxylation sites is 1. The van der Waals surface area contributed by atoms with Crippen LogP contribution in [0.1, 0.15) is 26.4 Å². The third-order valence-corrected chi connectivity index (χ3v) is 7.50. The highest BCUT2D eigenvalue weighted by Gasteiger charge is 2.34. The molecular weight excluding hydrogens is 470 g/mol. The lowest BCUT2D eigenvalue weighted by Gasteiger charge is -2.14. The van der Waals surface area contributed by atoms with E-state index in [0.29, 0.717) is 14.1 Å². The van der Waals surface area contributed by atoms with E-state index in [1.54, 1.807) is 12.1 Å². The summed E-state index contributed by atoms with van der Waals surface area (Å²) >= 11 is 7.86. The Morgan fingerprint density at radius 3 is 2.64 bits per heavy atom. The Morgan fingerprint density at radius 2 is 1.88 bits per heavy atom. The molecule has 2 aromatic heterocycles. The van der Waals surface area contributed by atoms with Crippen molar-refractivity contribution in [2.24, 2.45) is 0 Å². The molecule has 1 fully saturated rings. The maximum atomic E-state index is 13.0. The van der Waals surface area contributed by atoms with Gasteiger partial charge < -0.3 is 4.57 Å². The van der Waals surface area contributed by atoms with E-state index >= 15 is 0 Å². The number of aryl methyl sites for hydroxylation is 1. The molecule has 0 radical (unpaired) electrons. The molecule has 33 heavy (non-hydrogen) atoms. The number of nitrogens with one attached hydrogen (secondary N) is 1. The van der Waals surface area contributed by atoms with Gasteiger partial charge in [0.05, 0.1) is 9.78 Å². The smallest absolute Gasteiger partial charge is 0.285 e. The van der Waals surface area contributed by atoms with E-state index in [9.17, 15) is 9.59 Å². The number of thiocarbonyl (C=S) groups is 1. The van der Waals surface area contributed by atoms with E-state index in [4.69, 9.17) is 12.2 Å². The first-order valence-electron chi connectivity index (χ1n) is 10.3. The molecule has 2 amide bonds. The Balaban J connectivity index is 1.44. The molecule has 5 rings (SSSR count). The first-order valence-corrected chi connectivity index (χ1v) is 12.4. The Bertz CT molecular complexity index is 1400. The minimum atomic E-state index is -0.350. The van der Waals surface area contributed by atoms with Crippen LogP contribution in [0, 0.1) is 6.92 Å². The summed E-state index contributed by atoms with van der Waals surface area (Å²) in [6, 6.07) is 20.1. The van der Waals surface area contributed by atoms with Crippen LogP contribution in [0.5, 0.6) is 0 Å². The number of rotatable bonds is 5. The van der Waals surface area contributed by atoms with Crippen molar-refractivity contribution in [3.63, 3.8) is 0 Å². The lowest BCUT2D eigenvalue weighted by Crippen LogP contribution is -2.44. The molecule has 0 aliphatic carbocycles. The van der Waals surface area contributed by atoms with Crippen molar-refractivity contribution in [3.8, 4) is 0 Å². The van der Waals surface area contributed by atoms with Gasteiger partial charge in [0.25, 0.3) is 11.8 Å². The fourth-order valence-electron chi connectivity index (χ4n) is 3.68. The summed E-state index contributed by atoms with van der Waals surface area (Å²) < 4.78 is 2.49. The number of aromatic nitrogens is 1. The number of carbonyl (C=O) groups excluding carboxylic acids is 2. The standard InChI is InChI=1S/C25H19N3O2S3/c1-16-8-10-17(11-9-16)14-27-15-18(19-5-2-3-6-20(19)27)13-22-24(30)28(25(31)33-22)26-23(29)21-7-4-12-32-21/h2-13,15H,14H2,1H3,(H,26,29)/b22-13-. The van der Waals surface area contributed by atoms with Gasteiger partial charge >= 0.3 is 0 Å². The van der Waals surface area contributed by atoms with Gasteiger partial charge in [-0.05, 0) is 48.3 Å². The fraction of sp³-hybridized carbons (Fsp3) is 0.0800. The quantitative estimate of drug-likeness (QED) is 0.293. The van der Waals surface area contributed by atoms with Crippen molar-refractivity contribution in [2.45, 2.75) is 13.5 Å². The Kier molecular flexibility index (Phi) is 5.88. The summed E-state index contributed by atoms with van der Waals surface area (Å²) in [5, 5.41) is 4.02. The second kappa shape index (κ2) is 8.97. The third kappa shape index (κ3) is 4.37. The molecule has 3 heterocycles. The maximum absolute atomic E-state index is 13.0. The minimum Gasteiger partial charge on any atom is -0.342 e. The summed E-state index contributed by atoms with van der Waals surface area (Å²) in [4.78, 5) is 26.4. The highest BCUT2D eigenvalue weighted by atomic mass is 32.2. The average molecular weight is 490 g/mol. The van der Waals surface area contributed by atoms with E-state index < -0.39 is 0 Å². The Morgan fingerprint density at radius 1 is 1.09 bits per heavy atom. The SMILES string of the molecule is Cc1ccc(Cn2cc(/C=C3\SC(=S)N(NC(=O)c4cccs4)C3=O)c3ccccc32)cc1. The van der Waals surface area contributed by atoms with Crippen molar-refractivity contribution in [2.75, 3.05) is 0 Å². The number of hydrogen-bond acceptors (Lipinski definition) is 5. The van der Waals surface area contributed by atoms with Gasteiger partial charge in [-0.1, -0.05) is 65.9 Å². The van der Waals surface area contributed by atoms with E-state index in [-0.39, 0.29) is 11.8 Å². The third-order valence-electron chi connectivity index (χ3n) is 5.33. The molecule has 8 heteroatoms. The van der Waals surface area contributed by atoms with Crippen molar-refractivity contribution >= 4 is 68.4 Å². The van der Waals surface area contributed by atoms with Gasteiger partial charge in [0.15, 0.2) is 4.32 Å². The number of fused-ring (bicyclic) bond motifs is 1. The van der Waals surface area contributed by atoms with Crippen LogP contribution < -0.4 is 5.43 Å². The first-order chi connectivity index (χ1) is 16.0. The molecule has 2 aromatic carbocycles. The van der Waals surface area contributed by atoms with Crippen LogP contribution in [-0.4, -0.2) is 25.7 Å². The summed E-state index contributed by atoms with van der Waals surface area (Å²) in [6.07, 6.45) is 3.91. The maximum Gasteiger partial charge on any atom is 0.285 e. The number of nitrogens with zero attached hydrogens (tertiary/aromatic N) is 2. The zero-order valence-electron chi connectivity index (χ0n) is 17.6. The van der Waals surface area contributed by atoms with Crippen molar-refractivity contribution in [3.05, 3.63) is 98.7 Å². The number of thiophene rings is 1. The van der Waals surface area contributed by atoms with E-state index in [1.165, 1.54) is 34.2 Å². The Hall–Kier alpha value is -3.20. The predicted molar refractivity (Wildman–Crippen MR) is 139 cm³/mol. The molecule has 0 atom stereocenters. The topological polar surface area (TPSA) is 54.3 Å². The zero-order chi connectivity index (χ0) is 22.9. The average Bonchev–Trinajstić information content (AvgIpc) is 3.52. The Labute approximate surface area is 204 Å². The van der Waals surface area contributed by atoms with Gasteiger partial charge in [-0.25, -0.2) is 0 Å². The molecule has 0 bridgehead atoms. The largest absolute Gasteiger partial charge is 0.342 e. The van der Waals surface area contributed by atoms with Crippen LogP contribution in [-0.2, 0) is 11.3 Å². The van der Waals surface area contributed by atoms with E-state index in [0.717, 1.165) is 28.0 Å². The second-order valence-corrected chi connectivity index (χ2v) is 10.3. The van der Waals surface area contributed by atoms with Crippen molar-refractivity contribution in [1.29, 1.82) is 0 Å². The molecule has 164 valence electrons. The number of carbonyl (C=O) groups is 2.